The van der Waals surface area contributed by atoms with E-state index in [1.807, 2.05) is 99.6 Å². The van der Waals surface area contributed by atoms with Crippen molar-refractivity contribution in [3.05, 3.63) is 95.7 Å². The van der Waals surface area contributed by atoms with Gasteiger partial charge in [-0.25, -0.2) is 0 Å². The first kappa shape index (κ1) is 23.1. The zero-order chi connectivity index (χ0) is 24.1. The third kappa shape index (κ3) is 5.12. The lowest BCUT2D eigenvalue weighted by Gasteiger charge is -2.15. The van der Waals surface area contributed by atoms with E-state index in [1.54, 1.807) is 0 Å². The summed E-state index contributed by atoms with van der Waals surface area (Å²) in [6.07, 6.45) is 0.0398. The van der Waals surface area contributed by atoms with E-state index in [-0.39, 0.29) is 30.2 Å². The van der Waals surface area contributed by atoms with Crippen LogP contribution in [-0.4, -0.2) is 29.4 Å². The molecule has 1 aliphatic rings. The fraction of sp³-hybridized carbons (Fsp3) is 0.214. The SMILES string of the molecule is CCOc1ccc(NC2=C(c3ccc(OC(C)C)cc3)C(=O)N(Cc3ccccc3)C2=O)cc1. The number of amides is 2. The number of nitrogens with one attached hydrogen (secondary N) is 1. The molecule has 6 heteroatoms. The number of benzene rings is 3. The Morgan fingerprint density at radius 1 is 0.824 bits per heavy atom. The number of anilines is 1. The zero-order valence-electron chi connectivity index (χ0n) is 19.6. The van der Waals surface area contributed by atoms with Crippen LogP contribution in [0, 0.1) is 0 Å². The number of ether oxygens (including phenoxy) is 2. The van der Waals surface area contributed by atoms with E-state index < -0.39 is 0 Å². The molecule has 174 valence electrons. The van der Waals surface area contributed by atoms with Gasteiger partial charge < -0.3 is 14.8 Å². The average Bonchev–Trinajstić information content (AvgIpc) is 3.05. The largest absolute Gasteiger partial charge is 0.494 e. The van der Waals surface area contributed by atoms with Crippen molar-refractivity contribution in [2.75, 3.05) is 11.9 Å². The van der Waals surface area contributed by atoms with Gasteiger partial charge in [-0.05, 0) is 68.3 Å². The first-order chi connectivity index (χ1) is 16.5. The highest BCUT2D eigenvalue weighted by Gasteiger charge is 2.39. The number of hydrogen-bond donors (Lipinski definition) is 1. The highest BCUT2D eigenvalue weighted by molar-refractivity contribution is 6.36. The monoisotopic (exact) mass is 456 g/mol. The van der Waals surface area contributed by atoms with Gasteiger partial charge in [-0.15, -0.1) is 0 Å². The minimum Gasteiger partial charge on any atom is -0.494 e. The second-order valence-corrected chi connectivity index (χ2v) is 8.21. The molecule has 0 radical (unpaired) electrons. The Hall–Kier alpha value is -4.06. The quantitative estimate of drug-likeness (QED) is 0.445. The van der Waals surface area contributed by atoms with Gasteiger partial charge in [0.15, 0.2) is 0 Å². The standard InChI is InChI=1S/C28H28N2O4/c1-4-33-23-16-12-22(13-17-23)29-26-25(21-10-14-24(15-11-21)34-19(2)3)27(31)30(28(26)32)18-20-8-6-5-7-9-20/h5-17,19,29H,4,18H2,1-3H3. The summed E-state index contributed by atoms with van der Waals surface area (Å²) in [4.78, 5) is 28.2. The minimum atomic E-state index is -0.361. The molecule has 0 spiro atoms. The fourth-order valence-corrected chi connectivity index (χ4v) is 3.79. The topological polar surface area (TPSA) is 67.9 Å². The average molecular weight is 457 g/mol. The van der Waals surface area contributed by atoms with Crippen LogP contribution in [0.1, 0.15) is 31.9 Å². The molecule has 0 aliphatic carbocycles. The Kier molecular flexibility index (Phi) is 6.97. The maximum absolute atomic E-state index is 13.5. The first-order valence-electron chi connectivity index (χ1n) is 11.4. The maximum atomic E-state index is 13.5. The van der Waals surface area contributed by atoms with E-state index in [9.17, 15) is 9.59 Å². The predicted molar refractivity (Wildman–Crippen MR) is 132 cm³/mol. The van der Waals surface area contributed by atoms with E-state index in [2.05, 4.69) is 5.32 Å². The van der Waals surface area contributed by atoms with Crippen LogP contribution in [0.15, 0.2) is 84.6 Å². The molecular formula is C28H28N2O4. The molecule has 0 bridgehead atoms. The molecule has 0 unspecified atom stereocenters. The lowest BCUT2D eigenvalue weighted by atomic mass is 10.0. The van der Waals surface area contributed by atoms with Gasteiger partial charge in [0.05, 0.1) is 24.8 Å². The molecule has 0 aromatic heterocycles. The third-order valence-electron chi connectivity index (χ3n) is 5.30. The van der Waals surface area contributed by atoms with Gasteiger partial charge >= 0.3 is 0 Å². The van der Waals surface area contributed by atoms with E-state index >= 15 is 0 Å². The Morgan fingerprint density at radius 2 is 1.47 bits per heavy atom. The van der Waals surface area contributed by atoms with E-state index in [0.717, 1.165) is 11.3 Å². The molecule has 0 atom stereocenters. The lowest BCUT2D eigenvalue weighted by Crippen LogP contribution is -2.31. The van der Waals surface area contributed by atoms with Crippen molar-refractivity contribution in [3.63, 3.8) is 0 Å². The fourth-order valence-electron chi connectivity index (χ4n) is 3.79. The van der Waals surface area contributed by atoms with E-state index in [0.29, 0.717) is 29.2 Å². The van der Waals surface area contributed by atoms with Crippen LogP contribution in [-0.2, 0) is 16.1 Å². The molecule has 6 nitrogen and oxygen atoms in total. The minimum absolute atomic E-state index is 0.0398. The van der Waals surface area contributed by atoms with Gasteiger partial charge in [0, 0.05) is 5.69 Å². The molecule has 0 saturated heterocycles. The molecule has 1 aliphatic heterocycles. The molecule has 1 heterocycles. The van der Waals surface area contributed by atoms with Crippen molar-refractivity contribution in [2.45, 2.75) is 33.4 Å². The Balaban J connectivity index is 1.68. The van der Waals surface area contributed by atoms with Gasteiger partial charge in [-0.2, -0.15) is 0 Å². The summed E-state index contributed by atoms with van der Waals surface area (Å²) in [6, 6.07) is 24.0. The van der Waals surface area contributed by atoms with Gasteiger partial charge in [-0.1, -0.05) is 42.5 Å². The molecule has 3 aromatic rings. The summed E-state index contributed by atoms with van der Waals surface area (Å²) in [5.74, 6) is 0.751. The molecule has 3 aromatic carbocycles. The highest BCUT2D eigenvalue weighted by atomic mass is 16.5. The number of rotatable bonds is 9. The third-order valence-corrected chi connectivity index (χ3v) is 5.30. The highest BCUT2D eigenvalue weighted by Crippen LogP contribution is 2.32. The van der Waals surface area contributed by atoms with Gasteiger partial charge in [0.25, 0.3) is 11.8 Å². The Labute approximate surface area is 199 Å². The molecular weight excluding hydrogens is 428 g/mol. The van der Waals surface area contributed by atoms with Crippen LogP contribution in [0.2, 0.25) is 0 Å². The first-order valence-corrected chi connectivity index (χ1v) is 11.4. The molecule has 0 fully saturated rings. The number of imide groups is 1. The Bertz CT molecular complexity index is 1180. The van der Waals surface area contributed by atoms with Crippen molar-refractivity contribution in [1.29, 1.82) is 0 Å². The second-order valence-electron chi connectivity index (χ2n) is 8.21. The smallest absolute Gasteiger partial charge is 0.278 e. The number of nitrogens with zero attached hydrogens (tertiary/aromatic N) is 1. The van der Waals surface area contributed by atoms with Crippen molar-refractivity contribution in [3.8, 4) is 11.5 Å². The van der Waals surface area contributed by atoms with Crippen molar-refractivity contribution in [2.24, 2.45) is 0 Å². The second kappa shape index (κ2) is 10.3. The van der Waals surface area contributed by atoms with Gasteiger partial charge in [0.1, 0.15) is 17.2 Å². The van der Waals surface area contributed by atoms with Crippen LogP contribution in [0.4, 0.5) is 5.69 Å². The number of carbonyl (C=O) groups is 2. The summed E-state index contributed by atoms with van der Waals surface area (Å²) < 4.78 is 11.2. The van der Waals surface area contributed by atoms with Gasteiger partial charge in [0.2, 0.25) is 0 Å². The normalized spacial score (nSPS) is 13.6. The summed E-state index contributed by atoms with van der Waals surface area (Å²) in [5.41, 5.74) is 2.82. The van der Waals surface area contributed by atoms with E-state index in [1.165, 1.54) is 4.90 Å². The Morgan fingerprint density at radius 3 is 2.09 bits per heavy atom. The maximum Gasteiger partial charge on any atom is 0.278 e. The summed E-state index contributed by atoms with van der Waals surface area (Å²) >= 11 is 0. The molecule has 1 N–H and O–H groups in total. The number of hydrogen-bond acceptors (Lipinski definition) is 5. The van der Waals surface area contributed by atoms with Crippen LogP contribution in [0.3, 0.4) is 0 Å². The molecule has 0 saturated carbocycles. The van der Waals surface area contributed by atoms with Gasteiger partial charge in [-0.3, -0.25) is 14.5 Å². The van der Waals surface area contributed by atoms with Crippen molar-refractivity contribution < 1.29 is 19.1 Å². The predicted octanol–water partition coefficient (Wildman–Crippen LogP) is 5.26. The lowest BCUT2D eigenvalue weighted by molar-refractivity contribution is -0.137. The van der Waals surface area contributed by atoms with Crippen LogP contribution >= 0.6 is 0 Å². The molecule has 34 heavy (non-hydrogen) atoms. The van der Waals surface area contributed by atoms with Crippen molar-refractivity contribution >= 4 is 23.1 Å². The summed E-state index contributed by atoms with van der Waals surface area (Å²) in [5, 5.41) is 3.18. The summed E-state index contributed by atoms with van der Waals surface area (Å²) in [7, 11) is 0. The number of carbonyl (C=O) groups excluding carboxylic acids is 2. The summed E-state index contributed by atoms with van der Waals surface area (Å²) in [6.45, 7) is 6.60. The van der Waals surface area contributed by atoms with Crippen molar-refractivity contribution in [1.82, 2.24) is 4.90 Å². The van der Waals surface area contributed by atoms with Crippen LogP contribution in [0.5, 0.6) is 11.5 Å². The zero-order valence-corrected chi connectivity index (χ0v) is 19.6. The van der Waals surface area contributed by atoms with E-state index in [4.69, 9.17) is 9.47 Å². The molecule has 4 rings (SSSR count). The molecule has 2 amide bonds. The van der Waals surface area contributed by atoms with Crippen LogP contribution in [0.25, 0.3) is 5.57 Å². The van der Waals surface area contributed by atoms with Crippen LogP contribution < -0.4 is 14.8 Å².